The summed E-state index contributed by atoms with van der Waals surface area (Å²) in [6, 6.07) is 8.64. The van der Waals surface area contributed by atoms with E-state index >= 15 is 0 Å². The van der Waals surface area contributed by atoms with Crippen LogP contribution in [-0.4, -0.2) is 54.4 Å². The van der Waals surface area contributed by atoms with Crippen LogP contribution in [0.4, 0.5) is 13.2 Å². The van der Waals surface area contributed by atoms with Crippen LogP contribution >= 0.6 is 0 Å². The average Bonchev–Trinajstić information content (AvgIpc) is 3.50. The Hall–Kier alpha value is -3.44. The molecule has 1 aromatic carbocycles. The van der Waals surface area contributed by atoms with Crippen LogP contribution in [0.1, 0.15) is 68.0 Å². The predicted octanol–water partition coefficient (Wildman–Crippen LogP) is 5.42. The molecule has 3 aromatic heterocycles. The summed E-state index contributed by atoms with van der Waals surface area (Å²) in [6.45, 7) is 6.28. The molecule has 0 spiro atoms. The van der Waals surface area contributed by atoms with Crippen LogP contribution in [0.2, 0.25) is 0 Å². The Balaban J connectivity index is 1.41. The van der Waals surface area contributed by atoms with Gasteiger partial charge in [0.15, 0.2) is 0 Å². The van der Waals surface area contributed by atoms with Crippen LogP contribution in [0.3, 0.4) is 0 Å². The number of rotatable bonds is 7. The molecule has 2 aliphatic rings. The zero-order chi connectivity index (χ0) is 29.8. The summed E-state index contributed by atoms with van der Waals surface area (Å²) in [7, 11) is 3.61. The van der Waals surface area contributed by atoms with Crippen molar-refractivity contribution in [3.8, 4) is 5.69 Å². The van der Waals surface area contributed by atoms with Gasteiger partial charge in [0, 0.05) is 45.6 Å². The van der Waals surface area contributed by atoms with E-state index in [1.165, 1.54) is 16.8 Å². The Morgan fingerprint density at radius 1 is 1.19 bits per heavy atom. The Kier molecular flexibility index (Phi) is 7.29. The summed E-state index contributed by atoms with van der Waals surface area (Å²) in [6.07, 6.45) is 3.72. The fourth-order valence-corrected chi connectivity index (χ4v) is 6.96. The molecule has 1 saturated heterocycles. The Bertz CT molecular complexity index is 1650. The van der Waals surface area contributed by atoms with Crippen molar-refractivity contribution in [1.29, 1.82) is 0 Å². The molecule has 0 N–H and O–H groups in total. The lowest BCUT2D eigenvalue weighted by molar-refractivity contribution is -0.136. The number of piperidine rings is 1. The minimum Gasteiger partial charge on any atom is -0.379 e. The third-order valence-corrected chi connectivity index (χ3v) is 9.16. The number of pyridine rings is 1. The number of ether oxygens (including phenoxy) is 1. The maximum Gasteiger partial charge on any atom is 0.418 e. The number of halogens is 3. The van der Waals surface area contributed by atoms with Crippen molar-refractivity contribution in [2.75, 3.05) is 20.2 Å². The molecule has 0 bridgehead atoms. The molecule has 42 heavy (non-hydrogen) atoms. The number of aromatic nitrogens is 5. The molecule has 2 fully saturated rings. The standard InChI is InChI=1S/C31H37F3N6O2/c1-20-7-6-10-38(15-20)16-21-11-25(31(32,33)34)26-18-39(29(41)40(26)17-21)24-9-5-8-22(12-24)27(28-36-35-19-37(28)3)23-13-30(2,14-23)42-4/h5,8-9,11-12,17-20,23,27H,6-7,10,13-16H2,1-4H3/t20-,23-,27+,30+/m0/s1. The van der Waals surface area contributed by atoms with E-state index in [4.69, 9.17) is 4.74 Å². The molecule has 0 amide bonds. The highest BCUT2D eigenvalue weighted by Gasteiger charge is 2.46. The van der Waals surface area contributed by atoms with Crippen LogP contribution in [0.25, 0.3) is 11.2 Å². The summed E-state index contributed by atoms with van der Waals surface area (Å²) >= 11 is 0. The Morgan fingerprint density at radius 3 is 2.64 bits per heavy atom. The lowest BCUT2D eigenvalue weighted by Gasteiger charge is -2.47. The first-order valence-corrected chi connectivity index (χ1v) is 14.5. The van der Waals surface area contributed by atoms with Crippen LogP contribution < -0.4 is 5.69 Å². The molecule has 8 nitrogen and oxygen atoms in total. The fourth-order valence-electron chi connectivity index (χ4n) is 6.96. The first-order valence-electron chi connectivity index (χ1n) is 14.5. The first kappa shape index (κ1) is 28.7. The second-order valence-corrected chi connectivity index (χ2v) is 12.5. The van der Waals surface area contributed by atoms with Crippen molar-refractivity contribution in [2.45, 2.75) is 63.8 Å². The topological polar surface area (TPSA) is 69.6 Å². The summed E-state index contributed by atoms with van der Waals surface area (Å²) in [5.74, 6) is 1.41. The van der Waals surface area contributed by atoms with E-state index in [1.807, 2.05) is 29.8 Å². The molecule has 4 aromatic rings. The number of aryl methyl sites for hydroxylation is 1. The quantitative estimate of drug-likeness (QED) is 0.291. The van der Waals surface area contributed by atoms with Gasteiger partial charge in [0.05, 0.1) is 22.4 Å². The van der Waals surface area contributed by atoms with Gasteiger partial charge in [-0.25, -0.2) is 4.79 Å². The molecule has 0 radical (unpaired) electrons. The van der Waals surface area contributed by atoms with E-state index in [1.54, 1.807) is 25.7 Å². The average molecular weight is 583 g/mol. The summed E-state index contributed by atoms with van der Waals surface area (Å²) in [5, 5.41) is 8.48. The van der Waals surface area contributed by atoms with Crippen molar-refractivity contribution < 1.29 is 17.9 Å². The monoisotopic (exact) mass is 582 g/mol. The summed E-state index contributed by atoms with van der Waals surface area (Å²) in [5.41, 5.74) is 0.189. The fraction of sp³-hybridized carbons (Fsp3) is 0.516. The van der Waals surface area contributed by atoms with Gasteiger partial charge in [-0.1, -0.05) is 19.1 Å². The van der Waals surface area contributed by atoms with Crippen molar-refractivity contribution >= 4 is 5.52 Å². The molecule has 1 saturated carbocycles. The molecule has 11 heteroatoms. The molecule has 2 atom stereocenters. The third-order valence-electron chi connectivity index (χ3n) is 9.16. The van der Waals surface area contributed by atoms with Gasteiger partial charge in [-0.3, -0.25) is 13.9 Å². The number of hydrogen-bond acceptors (Lipinski definition) is 5. The molecule has 1 aliphatic heterocycles. The van der Waals surface area contributed by atoms with Gasteiger partial charge < -0.3 is 9.30 Å². The van der Waals surface area contributed by atoms with Gasteiger partial charge in [0.25, 0.3) is 0 Å². The van der Waals surface area contributed by atoms with Crippen molar-refractivity contribution in [2.24, 2.45) is 18.9 Å². The highest BCUT2D eigenvalue weighted by Crippen LogP contribution is 2.49. The smallest absolute Gasteiger partial charge is 0.379 e. The van der Waals surface area contributed by atoms with E-state index in [9.17, 15) is 18.0 Å². The van der Waals surface area contributed by atoms with Gasteiger partial charge in [0.1, 0.15) is 12.2 Å². The molecule has 0 unspecified atom stereocenters. The zero-order valence-electron chi connectivity index (χ0n) is 24.4. The number of benzene rings is 1. The lowest BCUT2D eigenvalue weighted by atomic mass is 9.64. The van der Waals surface area contributed by atoms with Crippen molar-refractivity contribution in [1.82, 2.24) is 28.6 Å². The van der Waals surface area contributed by atoms with Crippen LogP contribution in [0.15, 0.2) is 53.8 Å². The number of alkyl halides is 3. The van der Waals surface area contributed by atoms with E-state index in [-0.39, 0.29) is 23.0 Å². The second-order valence-electron chi connectivity index (χ2n) is 12.5. The highest BCUT2D eigenvalue weighted by molar-refractivity contribution is 5.58. The van der Waals surface area contributed by atoms with E-state index in [2.05, 4.69) is 28.9 Å². The van der Waals surface area contributed by atoms with Gasteiger partial charge >= 0.3 is 11.9 Å². The van der Waals surface area contributed by atoms with E-state index in [0.29, 0.717) is 23.7 Å². The lowest BCUT2D eigenvalue weighted by Crippen LogP contribution is -2.45. The SMILES string of the molecule is CO[C@]1(C)C[C@H]([C@@H](c2cccc(-n3cc4c(C(F)(F)F)cc(CN5CCC[C@H](C)C5)cn4c3=O)c2)c2nncn2C)C1. The predicted molar refractivity (Wildman–Crippen MR) is 153 cm³/mol. The Labute approximate surface area is 242 Å². The van der Waals surface area contributed by atoms with Crippen molar-refractivity contribution in [3.05, 3.63) is 82.1 Å². The van der Waals surface area contributed by atoms with Gasteiger partial charge in [0.2, 0.25) is 0 Å². The molecular formula is C31H37F3N6O2. The molecule has 1 aliphatic carbocycles. The normalized spacial score (nSPS) is 24.2. The van der Waals surface area contributed by atoms with Crippen LogP contribution in [-0.2, 0) is 24.5 Å². The largest absolute Gasteiger partial charge is 0.418 e. The molecule has 4 heterocycles. The van der Waals surface area contributed by atoms with Gasteiger partial charge in [-0.05, 0) is 80.3 Å². The number of fused-ring (bicyclic) bond motifs is 1. The first-order chi connectivity index (χ1) is 20.0. The van der Waals surface area contributed by atoms with Crippen LogP contribution in [0, 0.1) is 11.8 Å². The highest BCUT2D eigenvalue weighted by atomic mass is 19.4. The maximum absolute atomic E-state index is 14.3. The van der Waals surface area contributed by atoms with E-state index in [0.717, 1.165) is 54.6 Å². The number of hydrogen-bond donors (Lipinski definition) is 0. The van der Waals surface area contributed by atoms with Gasteiger partial charge in [-0.15, -0.1) is 10.2 Å². The van der Waals surface area contributed by atoms with Crippen molar-refractivity contribution in [3.63, 3.8) is 0 Å². The minimum atomic E-state index is -4.61. The number of imidazole rings is 1. The summed E-state index contributed by atoms with van der Waals surface area (Å²) < 4.78 is 53.0. The summed E-state index contributed by atoms with van der Waals surface area (Å²) in [4.78, 5) is 15.9. The maximum atomic E-state index is 14.3. The number of methoxy groups -OCH3 is 1. The minimum absolute atomic E-state index is 0.113. The molecule has 6 rings (SSSR count). The zero-order valence-corrected chi connectivity index (χ0v) is 24.4. The second kappa shape index (κ2) is 10.7. The van der Waals surface area contributed by atoms with Gasteiger partial charge in [-0.2, -0.15) is 13.2 Å². The Morgan fingerprint density at radius 2 is 1.98 bits per heavy atom. The van der Waals surface area contributed by atoms with Crippen LogP contribution in [0.5, 0.6) is 0 Å². The number of nitrogens with zero attached hydrogens (tertiary/aromatic N) is 6. The van der Waals surface area contributed by atoms with E-state index < -0.39 is 17.4 Å². The third kappa shape index (κ3) is 5.28. The number of likely N-dealkylation sites (tertiary alicyclic amines) is 1. The molecular weight excluding hydrogens is 545 g/mol. The molecule has 224 valence electrons.